The Kier molecular flexibility index (Phi) is 7.58. The number of carbonyl (C=O) groups is 2. The van der Waals surface area contributed by atoms with Crippen molar-refractivity contribution in [3.8, 4) is 5.75 Å². The summed E-state index contributed by atoms with van der Waals surface area (Å²) in [4.78, 5) is 28.1. The second kappa shape index (κ2) is 9.90. The van der Waals surface area contributed by atoms with Gasteiger partial charge in [-0.05, 0) is 55.8 Å². The van der Waals surface area contributed by atoms with Gasteiger partial charge in [-0.1, -0.05) is 24.3 Å². The molecule has 0 saturated heterocycles. The molecule has 0 spiro atoms. The maximum absolute atomic E-state index is 12.4. The molecule has 2 aromatic carbocycles. The van der Waals surface area contributed by atoms with Gasteiger partial charge < -0.3 is 15.0 Å². The van der Waals surface area contributed by atoms with Gasteiger partial charge in [-0.25, -0.2) is 0 Å². The van der Waals surface area contributed by atoms with E-state index < -0.39 is 0 Å². The highest BCUT2D eigenvalue weighted by atomic mass is 16.5. The van der Waals surface area contributed by atoms with E-state index in [0.717, 1.165) is 28.1 Å². The molecule has 0 bridgehead atoms. The van der Waals surface area contributed by atoms with Crippen LogP contribution in [0.2, 0.25) is 0 Å². The number of nitrogens with one attached hydrogen (secondary N) is 1. The van der Waals surface area contributed by atoms with Crippen molar-refractivity contribution in [1.82, 2.24) is 9.80 Å². The molecular formula is C22H29N3O3. The van der Waals surface area contributed by atoms with Crippen molar-refractivity contribution in [3.63, 3.8) is 0 Å². The SMILES string of the molecule is COc1ccc(CN(C)C(=O)CN(C)CC(=O)Nc2cccc(C)c2C)cc1. The van der Waals surface area contributed by atoms with Gasteiger partial charge in [0.25, 0.3) is 0 Å². The van der Waals surface area contributed by atoms with Gasteiger partial charge in [-0.3, -0.25) is 14.5 Å². The zero-order valence-corrected chi connectivity index (χ0v) is 17.3. The van der Waals surface area contributed by atoms with Crippen LogP contribution in [-0.4, -0.2) is 55.9 Å². The molecule has 0 radical (unpaired) electrons. The number of anilines is 1. The number of hydrogen-bond donors (Lipinski definition) is 1. The Morgan fingerprint density at radius 1 is 1.00 bits per heavy atom. The van der Waals surface area contributed by atoms with E-state index in [-0.39, 0.29) is 24.9 Å². The predicted molar refractivity (Wildman–Crippen MR) is 112 cm³/mol. The molecule has 0 aromatic heterocycles. The van der Waals surface area contributed by atoms with Crippen LogP contribution in [0.5, 0.6) is 5.75 Å². The monoisotopic (exact) mass is 383 g/mol. The fourth-order valence-corrected chi connectivity index (χ4v) is 2.82. The Bertz CT molecular complexity index is 818. The molecular weight excluding hydrogens is 354 g/mol. The summed E-state index contributed by atoms with van der Waals surface area (Å²) in [5.74, 6) is 0.604. The van der Waals surface area contributed by atoms with Crippen molar-refractivity contribution in [2.45, 2.75) is 20.4 Å². The molecule has 2 rings (SSSR count). The summed E-state index contributed by atoms with van der Waals surface area (Å²) in [6.07, 6.45) is 0. The number of aryl methyl sites for hydroxylation is 1. The molecule has 0 unspecified atom stereocenters. The molecule has 6 heteroatoms. The molecule has 2 aromatic rings. The van der Waals surface area contributed by atoms with E-state index in [0.29, 0.717) is 6.54 Å². The first kappa shape index (κ1) is 21.4. The van der Waals surface area contributed by atoms with E-state index >= 15 is 0 Å². The van der Waals surface area contributed by atoms with E-state index in [2.05, 4.69) is 5.32 Å². The van der Waals surface area contributed by atoms with E-state index in [9.17, 15) is 9.59 Å². The Morgan fingerprint density at radius 3 is 2.32 bits per heavy atom. The van der Waals surface area contributed by atoms with E-state index in [1.54, 1.807) is 31.0 Å². The van der Waals surface area contributed by atoms with Crippen LogP contribution < -0.4 is 10.1 Å². The third kappa shape index (κ3) is 6.09. The molecule has 28 heavy (non-hydrogen) atoms. The van der Waals surface area contributed by atoms with Crippen LogP contribution in [0.25, 0.3) is 0 Å². The molecule has 2 amide bonds. The van der Waals surface area contributed by atoms with Crippen molar-refractivity contribution in [2.24, 2.45) is 0 Å². The second-order valence-electron chi connectivity index (χ2n) is 7.07. The largest absolute Gasteiger partial charge is 0.497 e. The summed E-state index contributed by atoms with van der Waals surface area (Å²) in [5, 5.41) is 2.92. The van der Waals surface area contributed by atoms with E-state index in [4.69, 9.17) is 4.74 Å². The number of likely N-dealkylation sites (N-methyl/N-ethyl adjacent to an activating group) is 2. The predicted octanol–water partition coefficient (Wildman–Crippen LogP) is 2.84. The van der Waals surface area contributed by atoms with Crippen molar-refractivity contribution in [3.05, 3.63) is 59.2 Å². The lowest BCUT2D eigenvalue weighted by Gasteiger charge is -2.22. The maximum atomic E-state index is 12.4. The molecule has 150 valence electrons. The van der Waals surface area contributed by atoms with E-state index in [1.165, 1.54) is 0 Å². The Balaban J connectivity index is 1.83. The first-order valence-corrected chi connectivity index (χ1v) is 9.21. The lowest BCUT2D eigenvalue weighted by atomic mass is 10.1. The van der Waals surface area contributed by atoms with Crippen LogP contribution in [0.4, 0.5) is 5.69 Å². The number of carbonyl (C=O) groups excluding carboxylic acids is 2. The number of nitrogens with zero attached hydrogens (tertiary/aromatic N) is 2. The highest BCUT2D eigenvalue weighted by Gasteiger charge is 2.15. The van der Waals surface area contributed by atoms with Gasteiger partial charge >= 0.3 is 0 Å². The van der Waals surface area contributed by atoms with Gasteiger partial charge in [0.2, 0.25) is 11.8 Å². The minimum Gasteiger partial charge on any atom is -0.497 e. The van der Waals surface area contributed by atoms with E-state index in [1.807, 2.05) is 56.3 Å². The van der Waals surface area contributed by atoms with Crippen LogP contribution in [0.15, 0.2) is 42.5 Å². The molecule has 0 aliphatic heterocycles. The van der Waals surface area contributed by atoms with Gasteiger partial charge in [-0.2, -0.15) is 0 Å². The summed E-state index contributed by atoms with van der Waals surface area (Å²) in [6, 6.07) is 13.4. The first-order chi connectivity index (χ1) is 13.3. The minimum absolute atomic E-state index is 0.0437. The Labute approximate surface area is 167 Å². The van der Waals surface area contributed by atoms with Crippen LogP contribution in [-0.2, 0) is 16.1 Å². The molecule has 0 aliphatic rings. The van der Waals surface area contributed by atoms with Crippen molar-refractivity contribution in [1.29, 1.82) is 0 Å². The summed E-state index contributed by atoms with van der Waals surface area (Å²) in [6.45, 7) is 4.81. The number of ether oxygens (including phenoxy) is 1. The Hall–Kier alpha value is -2.86. The van der Waals surface area contributed by atoms with Crippen LogP contribution in [0.3, 0.4) is 0 Å². The number of hydrogen-bond acceptors (Lipinski definition) is 4. The zero-order valence-electron chi connectivity index (χ0n) is 17.3. The second-order valence-corrected chi connectivity index (χ2v) is 7.07. The number of benzene rings is 2. The Morgan fingerprint density at radius 2 is 1.68 bits per heavy atom. The quantitative estimate of drug-likeness (QED) is 0.761. The first-order valence-electron chi connectivity index (χ1n) is 9.21. The van der Waals surface area contributed by atoms with Crippen LogP contribution in [0.1, 0.15) is 16.7 Å². The summed E-state index contributed by atoms with van der Waals surface area (Å²) in [7, 11) is 5.15. The molecule has 0 aliphatic carbocycles. The topological polar surface area (TPSA) is 61.9 Å². The molecule has 6 nitrogen and oxygen atoms in total. The van der Waals surface area contributed by atoms with Crippen molar-refractivity contribution in [2.75, 3.05) is 39.6 Å². The normalized spacial score (nSPS) is 10.6. The van der Waals surface area contributed by atoms with Gasteiger partial charge in [0.05, 0.1) is 20.2 Å². The molecule has 1 N–H and O–H groups in total. The molecule has 0 saturated carbocycles. The molecule has 0 fully saturated rings. The fourth-order valence-electron chi connectivity index (χ4n) is 2.82. The van der Waals surface area contributed by atoms with Crippen molar-refractivity contribution < 1.29 is 14.3 Å². The fraction of sp³-hybridized carbons (Fsp3) is 0.364. The highest BCUT2D eigenvalue weighted by molar-refractivity contribution is 5.93. The minimum atomic E-state index is -0.137. The standard InChI is InChI=1S/C22H29N3O3/c1-16-7-6-8-20(17(16)2)23-21(26)14-24(3)15-22(27)25(4)13-18-9-11-19(28-5)12-10-18/h6-12H,13-15H2,1-5H3,(H,23,26). The van der Waals surface area contributed by atoms with Gasteiger partial charge in [0, 0.05) is 19.3 Å². The van der Waals surface area contributed by atoms with Gasteiger partial charge in [0.15, 0.2) is 0 Å². The zero-order chi connectivity index (χ0) is 20.7. The average Bonchev–Trinajstić information content (AvgIpc) is 2.65. The summed E-state index contributed by atoms with van der Waals surface area (Å²) >= 11 is 0. The average molecular weight is 383 g/mol. The third-order valence-corrected chi connectivity index (χ3v) is 4.70. The maximum Gasteiger partial charge on any atom is 0.238 e. The highest BCUT2D eigenvalue weighted by Crippen LogP contribution is 2.17. The number of rotatable bonds is 8. The lowest BCUT2D eigenvalue weighted by molar-refractivity contribution is -0.131. The number of amides is 2. The third-order valence-electron chi connectivity index (χ3n) is 4.70. The molecule has 0 atom stereocenters. The summed E-state index contributed by atoms with van der Waals surface area (Å²) in [5.41, 5.74) is 4.00. The summed E-state index contributed by atoms with van der Waals surface area (Å²) < 4.78 is 5.14. The van der Waals surface area contributed by atoms with Gasteiger partial charge in [-0.15, -0.1) is 0 Å². The molecule has 0 heterocycles. The van der Waals surface area contributed by atoms with Crippen LogP contribution in [0, 0.1) is 13.8 Å². The smallest absolute Gasteiger partial charge is 0.238 e. The number of methoxy groups -OCH3 is 1. The van der Waals surface area contributed by atoms with Gasteiger partial charge in [0.1, 0.15) is 5.75 Å². The lowest BCUT2D eigenvalue weighted by Crippen LogP contribution is -2.39. The van der Waals surface area contributed by atoms with Crippen molar-refractivity contribution >= 4 is 17.5 Å². The van der Waals surface area contributed by atoms with Crippen LogP contribution >= 0.6 is 0 Å².